The summed E-state index contributed by atoms with van der Waals surface area (Å²) in [5.41, 5.74) is 8.51. The average Bonchev–Trinajstić information content (AvgIpc) is 2.37. The SMILES string of the molecule is NCC(Cc1cccc(Br)c1)c1ccc(Br)cc1. The molecule has 94 valence electrons. The first-order chi connectivity index (χ1) is 8.69. The summed E-state index contributed by atoms with van der Waals surface area (Å²) in [5, 5.41) is 0. The molecule has 1 unspecified atom stereocenters. The van der Waals surface area contributed by atoms with E-state index >= 15 is 0 Å². The fraction of sp³-hybridized carbons (Fsp3) is 0.200. The molecule has 2 aromatic carbocycles. The highest BCUT2D eigenvalue weighted by Crippen LogP contribution is 2.23. The maximum absolute atomic E-state index is 5.91. The first-order valence-corrected chi connectivity index (χ1v) is 7.47. The summed E-state index contributed by atoms with van der Waals surface area (Å²) < 4.78 is 2.22. The van der Waals surface area contributed by atoms with Crippen molar-refractivity contribution >= 4 is 31.9 Å². The van der Waals surface area contributed by atoms with Crippen LogP contribution in [0.2, 0.25) is 0 Å². The third-order valence-corrected chi connectivity index (χ3v) is 4.02. The van der Waals surface area contributed by atoms with E-state index in [0.29, 0.717) is 12.5 Å². The largest absolute Gasteiger partial charge is 0.330 e. The topological polar surface area (TPSA) is 26.0 Å². The molecule has 0 aliphatic rings. The lowest BCUT2D eigenvalue weighted by Crippen LogP contribution is -2.15. The normalized spacial score (nSPS) is 12.4. The van der Waals surface area contributed by atoms with Crippen molar-refractivity contribution in [1.82, 2.24) is 0 Å². The molecule has 0 amide bonds. The van der Waals surface area contributed by atoms with E-state index in [1.165, 1.54) is 11.1 Å². The van der Waals surface area contributed by atoms with E-state index in [9.17, 15) is 0 Å². The molecule has 2 rings (SSSR count). The van der Waals surface area contributed by atoms with E-state index in [4.69, 9.17) is 5.73 Å². The molecular formula is C15H15Br2N. The van der Waals surface area contributed by atoms with Gasteiger partial charge in [0.25, 0.3) is 0 Å². The molecule has 0 aliphatic carbocycles. The summed E-state index contributed by atoms with van der Waals surface area (Å²) in [5.74, 6) is 0.368. The molecule has 1 nitrogen and oxygen atoms in total. The standard InChI is InChI=1S/C15H15Br2N/c16-14-6-4-12(5-7-14)13(10-18)8-11-2-1-3-15(17)9-11/h1-7,9,13H,8,10,18H2. The third kappa shape index (κ3) is 3.67. The van der Waals surface area contributed by atoms with Crippen LogP contribution >= 0.6 is 31.9 Å². The van der Waals surface area contributed by atoms with Crippen LogP contribution in [0.5, 0.6) is 0 Å². The molecule has 0 aliphatic heterocycles. The number of rotatable bonds is 4. The maximum atomic E-state index is 5.91. The van der Waals surface area contributed by atoms with Crippen LogP contribution < -0.4 is 5.73 Å². The second-order valence-electron chi connectivity index (χ2n) is 4.32. The lowest BCUT2D eigenvalue weighted by atomic mass is 9.92. The molecule has 0 aromatic heterocycles. The molecular weight excluding hydrogens is 354 g/mol. The molecule has 0 spiro atoms. The smallest absolute Gasteiger partial charge is 0.0177 e. The van der Waals surface area contributed by atoms with Gasteiger partial charge in [-0.15, -0.1) is 0 Å². The summed E-state index contributed by atoms with van der Waals surface area (Å²) in [6.07, 6.45) is 0.970. The molecule has 2 aromatic rings. The van der Waals surface area contributed by atoms with Gasteiger partial charge in [-0.1, -0.05) is 56.1 Å². The monoisotopic (exact) mass is 367 g/mol. The molecule has 18 heavy (non-hydrogen) atoms. The maximum Gasteiger partial charge on any atom is 0.0177 e. The van der Waals surface area contributed by atoms with Crippen LogP contribution in [0.15, 0.2) is 57.5 Å². The van der Waals surface area contributed by atoms with Crippen LogP contribution in [0, 0.1) is 0 Å². The summed E-state index contributed by atoms with van der Waals surface area (Å²) >= 11 is 6.96. The van der Waals surface area contributed by atoms with Crippen molar-refractivity contribution in [2.75, 3.05) is 6.54 Å². The molecule has 0 fully saturated rings. The number of hydrogen-bond acceptors (Lipinski definition) is 1. The molecule has 1 atom stereocenters. The van der Waals surface area contributed by atoms with Gasteiger partial charge in [0, 0.05) is 14.9 Å². The van der Waals surface area contributed by atoms with E-state index in [1.54, 1.807) is 0 Å². The van der Waals surface area contributed by atoms with Gasteiger partial charge in [0.05, 0.1) is 0 Å². The Morgan fingerprint density at radius 2 is 1.67 bits per heavy atom. The molecule has 2 N–H and O–H groups in total. The minimum absolute atomic E-state index is 0.368. The molecule has 0 saturated heterocycles. The Bertz CT molecular complexity index is 508. The van der Waals surface area contributed by atoms with Crippen LogP contribution in [0.1, 0.15) is 17.0 Å². The van der Waals surface area contributed by atoms with E-state index in [-0.39, 0.29) is 0 Å². The Balaban J connectivity index is 2.17. The molecule has 3 heteroatoms. The zero-order valence-corrected chi connectivity index (χ0v) is 13.1. The lowest BCUT2D eigenvalue weighted by Gasteiger charge is -2.15. The van der Waals surface area contributed by atoms with Crippen molar-refractivity contribution in [2.24, 2.45) is 5.73 Å². The van der Waals surface area contributed by atoms with Gasteiger partial charge in [0.15, 0.2) is 0 Å². The van der Waals surface area contributed by atoms with E-state index < -0.39 is 0 Å². The van der Waals surface area contributed by atoms with Crippen LogP contribution in [0.3, 0.4) is 0 Å². The van der Waals surface area contributed by atoms with Gasteiger partial charge >= 0.3 is 0 Å². The zero-order valence-electron chi connectivity index (χ0n) is 9.94. The summed E-state index contributed by atoms with van der Waals surface area (Å²) in [6, 6.07) is 16.8. The number of nitrogens with two attached hydrogens (primary N) is 1. The van der Waals surface area contributed by atoms with Crippen molar-refractivity contribution in [3.63, 3.8) is 0 Å². The van der Waals surface area contributed by atoms with Gasteiger partial charge in [-0.2, -0.15) is 0 Å². The van der Waals surface area contributed by atoms with Crippen molar-refractivity contribution < 1.29 is 0 Å². The van der Waals surface area contributed by atoms with E-state index in [2.05, 4.69) is 74.3 Å². The van der Waals surface area contributed by atoms with Crippen molar-refractivity contribution in [1.29, 1.82) is 0 Å². The van der Waals surface area contributed by atoms with Gasteiger partial charge in [-0.25, -0.2) is 0 Å². The van der Waals surface area contributed by atoms with Gasteiger partial charge < -0.3 is 5.73 Å². The highest BCUT2D eigenvalue weighted by Gasteiger charge is 2.10. The number of hydrogen-bond donors (Lipinski definition) is 1. The number of halogens is 2. The highest BCUT2D eigenvalue weighted by molar-refractivity contribution is 9.10. The zero-order chi connectivity index (χ0) is 13.0. The summed E-state index contributed by atoms with van der Waals surface area (Å²) in [7, 11) is 0. The third-order valence-electron chi connectivity index (χ3n) is 3.00. The van der Waals surface area contributed by atoms with Crippen LogP contribution in [-0.2, 0) is 6.42 Å². The first-order valence-electron chi connectivity index (χ1n) is 5.89. The fourth-order valence-corrected chi connectivity index (χ4v) is 2.73. The van der Waals surface area contributed by atoms with Gasteiger partial charge in [0.2, 0.25) is 0 Å². The molecule has 0 heterocycles. The minimum atomic E-state index is 0.368. The molecule has 0 bridgehead atoms. The Labute approximate surface area is 125 Å². The van der Waals surface area contributed by atoms with Crippen LogP contribution in [0.25, 0.3) is 0 Å². The van der Waals surface area contributed by atoms with Crippen molar-refractivity contribution in [3.8, 4) is 0 Å². The number of benzene rings is 2. The average molecular weight is 369 g/mol. The second kappa shape index (κ2) is 6.50. The van der Waals surface area contributed by atoms with Crippen LogP contribution in [0.4, 0.5) is 0 Å². The van der Waals surface area contributed by atoms with Crippen molar-refractivity contribution in [2.45, 2.75) is 12.3 Å². The van der Waals surface area contributed by atoms with E-state index in [0.717, 1.165) is 15.4 Å². The Hall–Kier alpha value is -0.640. The van der Waals surface area contributed by atoms with Gasteiger partial charge in [-0.05, 0) is 48.4 Å². The molecule has 0 saturated carbocycles. The predicted octanol–water partition coefficient (Wildman–Crippen LogP) is 4.50. The summed E-state index contributed by atoms with van der Waals surface area (Å²) in [4.78, 5) is 0. The van der Waals surface area contributed by atoms with Gasteiger partial charge in [-0.3, -0.25) is 0 Å². The Morgan fingerprint density at radius 3 is 2.28 bits per heavy atom. The highest BCUT2D eigenvalue weighted by atomic mass is 79.9. The van der Waals surface area contributed by atoms with E-state index in [1.807, 2.05) is 6.07 Å². The lowest BCUT2D eigenvalue weighted by molar-refractivity contribution is 0.694. The van der Waals surface area contributed by atoms with Gasteiger partial charge in [0.1, 0.15) is 0 Å². The molecule has 0 radical (unpaired) electrons. The summed E-state index contributed by atoms with van der Waals surface area (Å²) in [6.45, 7) is 0.661. The van der Waals surface area contributed by atoms with Crippen LogP contribution in [-0.4, -0.2) is 6.54 Å². The quantitative estimate of drug-likeness (QED) is 0.844. The Morgan fingerprint density at radius 1 is 0.944 bits per heavy atom. The minimum Gasteiger partial charge on any atom is -0.330 e. The van der Waals surface area contributed by atoms with Crippen molar-refractivity contribution in [3.05, 3.63) is 68.6 Å². The first kappa shape index (κ1) is 13.8. The Kier molecular flexibility index (Phi) is 4.98. The predicted molar refractivity (Wildman–Crippen MR) is 83.8 cm³/mol. The second-order valence-corrected chi connectivity index (χ2v) is 6.15. The fourth-order valence-electron chi connectivity index (χ4n) is 2.02.